The van der Waals surface area contributed by atoms with Gasteiger partial charge < -0.3 is 5.11 Å². The predicted molar refractivity (Wildman–Crippen MR) is 91.5 cm³/mol. The molecule has 0 aliphatic carbocycles. The van der Waals surface area contributed by atoms with Crippen LogP contribution in [-0.4, -0.2) is 17.7 Å². The van der Waals surface area contributed by atoms with Crippen LogP contribution in [0.15, 0.2) is 48.5 Å². The fraction of sp³-hybridized carbons (Fsp3) is 0.316. The Balaban J connectivity index is 2.49. The third-order valence-corrected chi connectivity index (χ3v) is 3.66. The van der Waals surface area contributed by atoms with E-state index in [-0.39, 0.29) is 0 Å². The van der Waals surface area contributed by atoms with Gasteiger partial charge in [0.1, 0.15) is 0 Å². The van der Waals surface area contributed by atoms with Crippen molar-refractivity contribution in [3.8, 4) is 11.1 Å². The van der Waals surface area contributed by atoms with E-state index in [1.165, 1.54) is 21.6 Å². The number of rotatable bonds is 5. The average molecular weight is 297 g/mol. The first kappa shape index (κ1) is 16.1. The predicted octanol–water partition coefficient (Wildman–Crippen LogP) is 5.06. The van der Waals surface area contributed by atoms with Crippen LogP contribution in [-0.2, 0) is 6.42 Å². The van der Waals surface area contributed by atoms with Gasteiger partial charge in [0.25, 0.3) is 0 Å². The van der Waals surface area contributed by atoms with E-state index in [9.17, 15) is 9.90 Å². The Morgan fingerprint density at radius 1 is 1.14 bits per heavy atom. The van der Waals surface area contributed by atoms with Crippen LogP contribution in [0.1, 0.15) is 26.3 Å². The van der Waals surface area contributed by atoms with Gasteiger partial charge in [-0.15, -0.1) is 0 Å². The van der Waals surface area contributed by atoms with E-state index in [2.05, 4.69) is 26.0 Å². The lowest BCUT2D eigenvalue weighted by Gasteiger charge is -2.20. The maximum Gasteiger partial charge on any atom is 0.411 e. The molecule has 0 bridgehead atoms. The Bertz CT molecular complexity index is 635. The van der Waals surface area contributed by atoms with E-state index < -0.39 is 6.09 Å². The largest absolute Gasteiger partial charge is 0.465 e. The Morgan fingerprint density at radius 2 is 1.82 bits per heavy atom. The molecule has 2 aromatic rings. The Kier molecular flexibility index (Phi) is 5.21. The number of amides is 1. The van der Waals surface area contributed by atoms with Gasteiger partial charge in [-0.2, -0.15) is 0 Å². The third-order valence-electron chi connectivity index (χ3n) is 3.66. The smallest absolute Gasteiger partial charge is 0.411 e. The minimum atomic E-state index is -0.912. The van der Waals surface area contributed by atoms with E-state index in [1.807, 2.05) is 43.3 Å². The second-order valence-corrected chi connectivity index (χ2v) is 5.83. The van der Waals surface area contributed by atoms with Crippen molar-refractivity contribution in [1.82, 2.24) is 0 Å². The molecule has 0 aromatic heterocycles. The van der Waals surface area contributed by atoms with Gasteiger partial charge in [0.05, 0.1) is 0 Å². The Hall–Kier alpha value is -2.29. The van der Waals surface area contributed by atoms with Crippen LogP contribution in [0.2, 0.25) is 0 Å². The van der Waals surface area contributed by atoms with Gasteiger partial charge >= 0.3 is 6.09 Å². The molecule has 3 heteroatoms. The summed E-state index contributed by atoms with van der Waals surface area (Å²) in [6.07, 6.45) is 0.0142. The second-order valence-electron chi connectivity index (χ2n) is 5.83. The molecule has 0 aliphatic rings. The van der Waals surface area contributed by atoms with Crippen molar-refractivity contribution in [2.75, 3.05) is 11.4 Å². The van der Waals surface area contributed by atoms with Crippen LogP contribution in [0.5, 0.6) is 0 Å². The first-order chi connectivity index (χ1) is 10.5. The van der Waals surface area contributed by atoms with Gasteiger partial charge in [-0.25, -0.2) is 4.79 Å². The van der Waals surface area contributed by atoms with Crippen LogP contribution < -0.4 is 4.90 Å². The molecule has 2 rings (SSSR count). The molecule has 116 valence electrons. The molecule has 1 N–H and O–H groups in total. The zero-order valence-corrected chi connectivity index (χ0v) is 13.4. The highest BCUT2D eigenvalue weighted by Crippen LogP contribution is 2.29. The number of benzene rings is 2. The summed E-state index contributed by atoms with van der Waals surface area (Å²) in [6.45, 7) is 6.65. The average Bonchev–Trinajstić information content (AvgIpc) is 2.48. The summed E-state index contributed by atoms with van der Waals surface area (Å²) in [7, 11) is 0. The van der Waals surface area contributed by atoms with Crippen LogP contribution >= 0.6 is 0 Å². The maximum atomic E-state index is 11.3. The maximum absolute atomic E-state index is 11.3. The first-order valence-corrected chi connectivity index (χ1v) is 7.71. The molecule has 1 amide bonds. The van der Waals surface area contributed by atoms with E-state index in [0.29, 0.717) is 12.5 Å². The summed E-state index contributed by atoms with van der Waals surface area (Å²) < 4.78 is 0. The lowest BCUT2D eigenvalue weighted by Crippen LogP contribution is -2.28. The molecule has 0 atom stereocenters. The summed E-state index contributed by atoms with van der Waals surface area (Å²) in [5.41, 5.74) is 4.28. The van der Waals surface area contributed by atoms with Crippen molar-refractivity contribution in [2.24, 2.45) is 5.92 Å². The fourth-order valence-corrected chi connectivity index (χ4v) is 2.68. The fourth-order valence-electron chi connectivity index (χ4n) is 2.68. The molecule has 0 radical (unpaired) electrons. The molecule has 2 aromatic carbocycles. The second kappa shape index (κ2) is 7.12. The lowest BCUT2D eigenvalue weighted by atomic mass is 9.93. The van der Waals surface area contributed by atoms with Crippen molar-refractivity contribution in [3.05, 3.63) is 54.1 Å². The van der Waals surface area contributed by atoms with E-state index >= 15 is 0 Å². The monoisotopic (exact) mass is 297 g/mol. The standard InChI is InChI=1S/C19H23NO2/c1-4-20(19(21)22)17-10-11-18(15-8-6-5-7-9-15)16(13-17)12-14(2)3/h5-11,13-14H,4,12H2,1-3H3,(H,21,22). The van der Waals surface area contributed by atoms with Crippen molar-refractivity contribution in [3.63, 3.8) is 0 Å². The third kappa shape index (κ3) is 3.67. The molecule has 0 spiro atoms. The number of hydrogen-bond acceptors (Lipinski definition) is 1. The molecule has 0 aliphatic heterocycles. The summed E-state index contributed by atoms with van der Waals surface area (Å²) in [5.74, 6) is 0.512. The highest BCUT2D eigenvalue weighted by molar-refractivity contribution is 5.87. The van der Waals surface area contributed by atoms with Crippen molar-refractivity contribution in [1.29, 1.82) is 0 Å². The minimum absolute atomic E-state index is 0.446. The quantitative estimate of drug-likeness (QED) is 0.838. The van der Waals surface area contributed by atoms with Gasteiger partial charge in [-0.1, -0.05) is 50.2 Å². The molecule has 0 heterocycles. The summed E-state index contributed by atoms with van der Waals surface area (Å²) in [4.78, 5) is 12.7. The summed E-state index contributed by atoms with van der Waals surface area (Å²) in [6, 6.07) is 16.2. The summed E-state index contributed by atoms with van der Waals surface area (Å²) >= 11 is 0. The Morgan fingerprint density at radius 3 is 2.36 bits per heavy atom. The highest BCUT2D eigenvalue weighted by Gasteiger charge is 2.15. The number of carboxylic acid groups (broad SMARTS) is 1. The molecule has 0 unspecified atom stereocenters. The van der Waals surface area contributed by atoms with E-state index in [4.69, 9.17) is 0 Å². The molecule has 0 fully saturated rings. The van der Waals surface area contributed by atoms with Crippen LogP contribution in [0, 0.1) is 5.92 Å². The van der Waals surface area contributed by atoms with Gasteiger partial charge in [-0.3, -0.25) is 4.90 Å². The van der Waals surface area contributed by atoms with Crippen molar-refractivity contribution >= 4 is 11.8 Å². The van der Waals surface area contributed by atoms with Gasteiger partial charge in [0.15, 0.2) is 0 Å². The van der Waals surface area contributed by atoms with E-state index in [1.54, 1.807) is 0 Å². The molecule has 0 saturated heterocycles. The molecule has 0 saturated carbocycles. The molecular weight excluding hydrogens is 274 g/mol. The zero-order chi connectivity index (χ0) is 16.1. The summed E-state index contributed by atoms with van der Waals surface area (Å²) in [5, 5.41) is 9.31. The lowest BCUT2D eigenvalue weighted by molar-refractivity contribution is 0.202. The van der Waals surface area contributed by atoms with Crippen LogP contribution in [0.3, 0.4) is 0 Å². The topological polar surface area (TPSA) is 40.5 Å². The minimum Gasteiger partial charge on any atom is -0.465 e. The van der Waals surface area contributed by atoms with Crippen molar-refractivity contribution in [2.45, 2.75) is 27.2 Å². The number of nitrogens with zero attached hydrogens (tertiary/aromatic N) is 1. The Labute approximate surface area is 132 Å². The highest BCUT2D eigenvalue weighted by atomic mass is 16.4. The van der Waals surface area contributed by atoms with Crippen molar-refractivity contribution < 1.29 is 9.90 Å². The number of carbonyl (C=O) groups is 1. The molecular formula is C19H23NO2. The molecule has 3 nitrogen and oxygen atoms in total. The zero-order valence-electron chi connectivity index (χ0n) is 13.4. The molecule has 22 heavy (non-hydrogen) atoms. The van der Waals surface area contributed by atoms with Gasteiger partial charge in [0, 0.05) is 12.2 Å². The SMILES string of the molecule is CCN(C(=O)O)c1ccc(-c2ccccc2)c(CC(C)C)c1. The van der Waals surface area contributed by atoms with Gasteiger partial charge in [0.2, 0.25) is 0 Å². The van der Waals surface area contributed by atoms with Crippen LogP contribution in [0.4, 0.5) is 10.5 Å². The first-order valence-electron chi connectivity index (χ1n) is 7.71. The normalized spacial score (nSPS) is 10.7. The number of hydrogen-bond donors (Lipinski definition) is 1. The van der Waals surface area contributed by atoms with E-state index in [0.717, 1.165) is 12.1 Å². The van der Waals surface area contributed by atoms with Crippen LogP contribution in [0.25, 0.3) is 11.1 Å². The van der Waals surface area contributed by atoms with Gasteiger partial charge in [-0.05, 0) is 48.1 Å². The number of anilines is 1.